The highest BCUT2D eigenvalue weighted by molar-refractivity contribution is 8.14. The average Bonchev–Trinajstić information content (AvgIpc) is 3.00. The van der Waals surface area contributed by atoms with Gasteiger partial charge in [-0.1, -0.05) is 11.8 Å². The summed E-state index contributed by atoms with van der Waals surface area (Å²) in [5.74, 6) is -0.336. The molecule has 2 N–H and O–H groups in total. The van der Waals surface area contributed by atoms with Crippen LogP contribution >= 0.6 is 11.8 Å². The lowest BCUT2D eigenvalue weighted by atomic mass is 10.2. The highest BCUT2D eigenvalue weighted by atomic mass is 32.2. The highest BCUT2D eigenvalue weighted by Gasteiger charge is 2.31. The minimum atomic E-state index is -0.246. The Morgan fingerprint density at radius 1 is 1.26 bits per heavy atom. The molecule has 0 saturated carbocycles. The van der Waals surface area contributed by atoms with Crippen LogP contribution in [0.25, 0.3) is 0 Å². The molecule has 2 saturated heterocycles. The Bertz CT molecular complexity index is 691. The van der Waals surface area contributed by atoms with E-state index in [1.165, 1.54) is 21.9 Å². The predicted octanol–water partition coefficient (Wildman–Crippen LogP) is -0.269. The number of thioether (sulfide) groups is 1. The van der Waals surface area contributed by atoms with Gasteiger partial charge in [0.25, 0.3) is 11.1 Å². The quantitative estimate of drug-likeness (QED) is 0.694. The highest BCUT2D eigenvalue weighted by Crippen LogP contribution is 2.17. The number of halogens is 1. The lowest BCUT2D eigenvalue weighted by Gasteiger charge is -2.36. The summed E-state index contributed by atoms with van der Waals surface area (Å²) in [6.07, 6.45) is 0. The first kappa shape index (κ1) is 19.6. The van der Waals surface area contributed by atoms with Crippen LogP contribution in [0, 0.1) is 5.82 Å². The SMILES string of the molecule is C[C@@H](C(=O)NCCN1C(=O)CSC1=O)[NH+]1CCN(c2ccc(F)cc2)CC1. The summed E-state index contributed by atoms with van der Waals surface area (Å²) in [6.45, 7) is 5.60. The van der Waals surface area contributed by atoms with Gasteiger partial charge in [-0.15, -0.1) is 0 Å². The zero-order valence-corrected chi connectivity index (χ0v) is 16.1. The van der Waals surface area contributed by atoms with Gasteiger partial charge in [-0.25, -0.2) is 4.39 Å². The second kappa shape index (κ2) is 8.71. The summed E-state index contributed by atoms with van der Waals surface area (Å²) in [7, 11) is 0. The Kier molecular flexibility index (Phi) is 6.33. The van der Waals surface area contributed by atoms with Crippen LogP contribution in [0.3, 0.4) is 0 Å². The number of amides is 3. The largest absolute Gasteiger partial charge is 0.360 e. The minimum Gasteiger partial charge on any atom is -0.360 e. The summed E-state index contributed by atoms with van der Waals surface area (Å²) in [4.78, 5) is 40.0. The maximum Gasteiger partial charge on any atom is 0.288 e. The van der Waals surface area contributed by atoms with Crippen LogP contribution in [0.15, 0.2) is 24.3 Å². The van der Waals surface area contributed by atoms with E-state index in [2.05, 4.69) is 10.2 Å². The number of imide groups is 1. The van der Waals surface area contributed by atoms with Crippen LogP contribution in [-0.2, 0) is 9.59 Å². The van der Waals surface area contributed by atoms with Gasteiger partial charge in [-0.2, -0.15) is 0 Å². The number of carbonyl (C=O) groups excluding carboxylic acids is 3. The molecule has 0 aliphatic carbocycles. The fourth-order valence-corrected chi connectivity index (χ4v) is 4.12. The standard InChI is InChI=1S/C18H23FN4O3S/c1-13(17(25)20-6-7-23-16(24)12-27-18(23)26)21-8-10-22(11-9-21)15-4-2-14(19)3-5-15/h2-5,13H,6-12H2,1H3,(H,20,25)/p+1/t13-/m0/s1. The topological polar surface area (TPSA) is 74.2 Å². The molecular formula is C18H24FN4O3S+. The summed E-state index contributed by atoms with van der Waals surface area (Å²) in [5.41, 5.74) is 0.991. The van der Waals surface area contributed by atoms with Gasteiger partial charge < -0.3 is 15.1 Å². The second-order valence-electron chi connectivity index (χ2n) is 6.73. The van der Waals surface area contributed by atoms with Crippen molar-refractivity contribution < 1.29 is 23.7 Å². The van der Waals surface area contributed by atoms with Crippen molar-refractivity contribution in [2.24, 2.45) is 0 Å². The average molecular weight is 395 g/mol. The molecule has 0 radical (unpaired) electrons. The van der Waals surface area contributed by atoms with Crippen molar-refractivity contribution in [2.45, 2.75) is 13.0 Å². The number of hydrogen-bond donors (Lipinski definition) is 2. The Labute approximate surface area is 161 Å². The Balaban J connectivity index is 1.42. The maximum atomic E-state index is 13.0. The van der Waals surface area contributed by atoms with Crippen LogP contribution in [0.5, 0.6) is 0 Å². The predicted molar refractivity (Wildman–Crippen MR) is 101 cm³/mol. The van der Waals surface area contributed by atoms with Gasteiger partial charge in [-0.05, 0) is 31.2 Å². The second-order valence-corrected chi connectivity index (χ2v) is 7.66. The van der Waals surface area contributed by atoms with Gasteiger partial charge in [0.05, 0.1) is 31.9 Å². The molecular weight excluding hydrogens is 371 g/mol. The van der Waals surface area contributed by atoms with E-state index in [9.17, 15) is 18.8 Å². The third kappa shape index (κ3) is 4.78. The van der Waals surface area contributed by atoms with Gasteiger partial charge >= 0.3 is 0 Å². The number of nitrogens with one attached hydrogen (secondary N) is 2. The van der Waals surface area contributed by atoms with Crippen molar-refractivity contribution in [2.75, 3.05) is 49.9 Å². The van der Waals surface area contributed by atoms with E-state index in [1.807, 2.05) is 6.92 Å². The molecule has 2 heterocycles. The molecule has 0 bridgehead atoms. The summed E-state index contributed by atoms with van der Waals surface area (Å²) >= 11 is 0.996. The zero-order chi connectivity index (χ0) is 19.4. The van der Waals surface area contributed by atoms with Crippen molar-refractivity contribution in [3.63, 3.8) is 0 Å². The molecule has 9 heteroatoms. The number of nitrogens with zero attached hydrogens (tertiary/aromatic N) is 2. The van der Waals surface area contributed by atoms with Crippen LogP contribution in [0.4, 0.5) is 14.9 Å². The minimum absolute atomic E-state index is 0.0769. The first-order valence-corrected chi connectivity index (χ1v) is 10.0. The Morgan fingerprint density at radius 2 is 1.93 bits per heavy atom. The molecule has 1 aromatic carbocycles. The number of anilines is 1. The molecule has 0 aromatic heterocycles. The van der Waals surface area contributed by atoms with Crippen molar-refractivity contribution in [1.29, 1.82) is 0 Å². The van der Waals surface area contributed by atoms with E-state index in [4.69, 9.17) is 0 Å². The number of carbonyl (C=O) groups is 3. The van der Waals surface area contributed by atoms with Crippen LogP contribution in [0.1, 0.15) is 6.92 Å². The van der Waals surface area contributed by atoms with Crippen LogP contribution < -0.4 is 15.1 Å². The summed E-state index contributed by atoms with van der Waals surface area (Å²) in [6, 6.07) is 6.25. The fourth-order valence-electron chi connectivity index (χ4n) is 3.36. The van der Waals surface area contributed by atoms with Crippen molar-refractivity contribution >= 4 is 34.5 Å². The molecule has 0 unspecified atom stereocenters. The molecule has 3 rings (SSSR count). The summed E-state index contributed by atoms with van der Waals surface area (Å²) < 4.78 is 13.0. The van der Waals surface area contributed by atoms with Gasteiger partial charge in [0.15, 0.2) is 6.04 Å². The lowest BCUT2D eigenvalue weighted by Crippen LogP contribution is -3.19. The normalized spacial score (nSPS) is 19.5. The van der Waals surface area contributed by atoms with Crippen LogP contribution in [0.2, 0.25) is 0 Å². The van der Waals surface area contributed by atoms with Gasteiger partial charge in [-0.3, -0.25) is 19.3 Å². The fraction of sp³-hybridized carbons (Fsp3) is 0.500. The Hall–Kier alpha value is -2.13. The van der Waals surface area contributed by atoms with E-state index in [0.29, 0.717) is 0 Å². The maximum absolute atomic E-state index is 13.0. The molecule has 2 aliphatic heterocycles. The third-order valence-electron chi connectivity index (χ3n) is 5.08. The number of rotatable bonds is 6. The molecule has 1 atom stereocenters. The van der Waals surface area contributed by atoms with E-state index in [0.717, 1.165) is 43.6 Å². The van der Waals surface area contributed by atoms with Gasteiger partial charge in [0, 0.05) is 18.8 Å². The van der Waals surface area contributed by atoms with Crippen molar-refractivity contribution in [1.82, 2.24) is 10.2 Å². The van der Waals surface area contributed by atoms with E-state index >= 15 is 0 Å². The number of piperazine rings is 1. The lowest BCUT2D eigenvalue weighted by molar-refractivity contribution is -0.914. The monoisotopic (exact) mass is 395 g/mol. The van der Waals surface area contributed by atoms with Crippen LogP contribution in [-0.4, -0.2) is 73.0 Å². The van der Waals surface area contributed by atoms with Gasteiger partial charge in [0.2, 0.25) is 5.91 Å². The first-order valence-electron chi connectivity index (χ1n) is 9.05. The molecule has 27 heavy (non-hydrogen) atoms. The van der Waals surface area contributed by atoms with E-state index in [-0.39, 0.29) is 47.8 Å². The molecule has 1 aromatic rings. The molecule has 0 spiro atoms. The number of hydrogen-bond acceptors (Lipinski definition) is 5. The molecule has 2 fully saturated rings. The van der Waals surface area contributed by atoms with E-state index in [1.54, 1.807) is 12.1 Å². The summed E-state index contributed by atoms with van der Waals surface area (Å²) in [5, 5.41) is 2.58. The third-order valence-corrected chi connectivity index (χ3v) is 5.94. The molecule has 3 amide bonds. The number of quaternary nitrogens is 1. The molecule has 2 aliphatic rings. The smallest absolute Gasteiger partial charge is 0.288 e. The Morgan fingerprint density at radius 3 is 2.52 bits per heavy atom. The first-order chi connectivity index (χ1) is 13.0. The molecule has 146 valence electrons. The zero-order valence-electron chi connectivity index (χ0n) is 15.2. The van der Waals surface area contributed by atoms with E-state index < -0.39 is 0 Å². The van der Waals surface area contributed by atoms with Crippen molar-refractivity contribution in [3.8, 4) is 0 Å². The number of benzene rings is 1. The van der Waals surface area contributed by atoms with Gasteiger partial charge in [0.1, 0.15) is 5.82 Å². The van der Waals surface area contributed by atoms with Crippen molar-refractivity contribution in [3.05, 3.63) is 30.1 Å². The molecule has 7 nitrogen and oxygen atoms in total.